The van der Waals surface area contributed by atoms with Crippen LogP contribution in [-0.4, -0.2) is 30.2 Å². The Kier molecular flexibility index (Phi) is 7.47. The fourth-order valence-corrected chi connectivity index (χ4v) is 2.56. The summed E-state index contributed by atoms with van der Waals surface area (Å²) in [6.07, 6.45) is 0. The first-order valence-electron chi connectivity index (χ1n) is 6.42. The summed E-state index contributed by atoms with van der Waals surface area (Å²) in [5.74, 6) is 0.719. The van der Waals surface area contributed by atoms with E-state index in [2.05, 4.69) is 10.6 Å². The standard InChI is InChI=1S/C14H19ClN2O2S/c1-3-16-14(19)10(2)17-13(18)9-20-8-11-5-4-6-12(15)7-11/h4-7,10H,3,8-9H2,1-2H3,(H,16,19)(H,17,18). The van der Waals surface area contributed by atoms with Crippen LogP contribution in [0.2, 0.25) is 5.02 Å². The molecule has 0 fully saturated rings. The highest BCUT2D eigenvalue weighted by atomic mass is 35.5. The van der Waals surface area contributed by atoms with Gasteiger partial charge in [-0.3, -0.25) is 9.59 Å². The number of hydrogen-bond donors (Lipinski definition) is 2. The normalized spacial score (nSPS) is 11.8. The highest BCUT2D eigenvalue weighted by Gasteiger charge is 2.14. The summed E-state index contributed by atoms with van der Waals surface area (Å²) in [4.78, 5) is 23.1. The Morgan fingerprint density at radius 1 is 1.40 bits per heavy atom. The molecule has 1 aromatic rings. The fourth-order valence-electron chi connectivity index (χ4n) is 1.56. The Labute approximate surface area is 128 Å². The molecule has 1 aromatic carbocycles. The van der Waals surface area contributed by atoms with E-state index in [-0.39, 0.29) is 11.8 Å². The minimum Gasteiger partial charge on any atom is -0.355 e. The van der Waals surface area contributed by atoms with Crippen LogP contribution in [0.4, 0.5) is 0 Å². The predicted molar refractivity (Wildman–Crippen MR) is 83.9 cm³/mol. The van der Waals surface area contributed by atoms with Gasteiger partial charge in [-0.25, -0.2) is 0 Å². The second kappa shape index (κ2) is 8.87. The van der Waals surface area contributed by atoms with Gasteiger partial charge in [-0.15, -0.1) is 11.8 Å². The summed E-state index contributed by atoms with van der Waals surface area (Å²) in [5.41, 5.74) is 1.08. The van der Waals surface area contributed by atoms with Gasteiger partial charge in [0.1, 0.15) is 6.04 Å². The van der Waals surface area contributed by atoms with Gasteiger partial charge in [-0.05, 0) is 31.5 Å². The van der Waals surface area contributed by atoms with E-state index >= 15 is 0 Å². The van der Waals surface area contributed by atoms with Crippen LogP contribution in [0.1, 0.15) is 19.4 Å². The highest BCUT2D eigenvalue weighted by Crippen LogP contribution is 2.16. The van der Waals surface area contributed by atoms with Crippen molar-refractivity contribution in [2.75, 3.05) is 12.3 Å². The Hall–Kier alpha value is -1.20. The van der Waals surface area contributed by atoms with Crippen LogP contribution in [0.25, 0.3) is 0 Å². The van der Waals surface area contributed by atoms with Gasteiger partial charge >= 0.3 is 0 Å². The van der Waals surface area contributed by atoms with Crippen LogP contribution in [0.3, 0.4) is 0 Å². The van der Waals surface area contributed by atoms with Crippen LogP contribution >= 0.6 is 23.4 Å². The first-order chi connectivity index (χ1) is 9.52. The molecule has 1 atom stereocenters. The van der Waals surface area contributed by atoms with Gasteiger partial charge in [0.2, 0.25) is 11.8 Å². The van der Waals surface area contributed by atoms with Gasteiger partial charge in [-0.2, -0.15) is 0 Å². The van der Waals surface area contributed by atoms with Crippen molar-refractivity contribution in [1.82, 2.24) is 10.6 Å². The van der Waals surface area contributed by atoms with Gasteiger partial charge in [0.15, 0.2) is 0 Å². The second-order valence-electron chi connectivity index (χ2n) is 4.31. The number of hydrogen-bond acceptors (Lipinski definition) is 3. The molecule has 6 heteroatoms. The van der Waals surface area contributed by atoms with Crippen LogP contribution in [0.5, 0.6) is 0 Å². The van der Waals surface area contributed by atoms with Gasteiger partial charge in [0.05, 0.1) is 5.75 Å². The van der Waals surface area contributed by atoms with E-state index in [1.807, 2.05) is 31.2 Å². The topological polar surface area (TPSA) is 58.2 Å². The molecule has 0 saturated carbocycles. The summed E-state index contributed by atoms with van der Waals surface area (Å²) in [6, 6.07) is 7.04. The molecule has 0 saturated heterocycles. The minimum atomic E-state index is -0.505. The number of carbonyl (C=O) groups is 2. The molecule has 1 rings (SSSR count). The van der Waals surface area contributed by atoms with Crippen LogP contribution < -0.4 is 10.6 Å². The number of amides is 2. The third-order valence-corrected chi connectivity index (χ3v) is 3.75. The molecule has 0 aromatic heterocycles. The van der Waals surface area contributed by atoms with Gasteiger partial charge in [0.25, 0.3) is 0 Å². The zero-order valence-electron chi connectivity index (χ0n) is 11.6. The number of nitrogens with one attached hydrogen (secondary N) is 2. The monoisotopic (exact) mass is 314 g/mol. The first kappa shape index (κ1) is 16.9. The molecule has 0 heterocycles. The van der Waals surface area contributed by atoms with Crippen molar-refractivity contribution in [2.45, 2.75) is 25.6 Å². The predicted octanol–water partition coefficient (Wildman–Crippen LogP) is 2.21. The number of thioether (sulfide) groups is 1. The third-order valence-electron chi connectivity index (χ3n) is 2.51. The molecule has 2 amide bonds. The molecule has 0 spiro atoms. The zero-order valence-corrected chi connectivity index (χ0v) is 13.2. The second-order valence-corrected chi connectivity index (χ2v) is 5.73. The molecule has 20 heavy (non-hydrogen) atoms. The number of rotatable bonds is 7. The minimum absolute atomic E-state index is 0.143. The van der Waals surface area contributed by atoms with E-state index in [0.29, 0.717) is 23.1 Å². The van der Waals surface area contributed by atoms with E-state index in [4.69, 9.17) is 11.6 Å². The lowest BCUT2D eigenvalue weighted by molar-refractivity contribution is -0.127. The Morgan fingerprint density at radius 3 is 2.80 bits per heavy atom. The number of carbonyl (C=O) groups excluding carboxylic acids is 2. The number of benzene rings is 1. The molecule has 0 aliphatic carbocycles. The summed E-state index contributed by atoms with van der Waals surface area (Å²) < 4.78 is 0. The Morgan fingerprint density at radius 2 is 2.15 bits per heavy atom. The smallest absolute Gasteiger partial charge is 0.242 e. The lowest BCUT2D eigenvalue weighted by atomic mass is 10.2. The van der Waals surface area contributed by atoms with Crippen LogP contribution in [0.15, 0.2) is 24.3 Å². The fraction of sp³-hybridized carbons (Fsp3) is 0.429. The van der Waals surface area contributed by atoms with E-state index in [1.165, 1.54) is 11.8 Å². The summed E-state index contributed by atoms with van der Waals surface area (Å²) >= 11 is 7.37. The van der Waals surface area contributed by atoms with Crippen molar-refractivity contribution in [3.63, 3.8) is 0 Å². The summed E-state index contributed by atoms with van der Waals surface area (Å²) in [6.45, 7) is 4.07. The molecular formula is C14H19ClN2O2S. The molecule has 4 nitrogen and oxygen atoms in total. The van der Waals surface area contributed by atoms with Gasteiger partial charge < -0.3 is 10.6 Å². The maximum Gasteiger partial charge on any atom is 0.242 e. The highest BCUT2D eigenvalue weighted by molar-refractivity contribution is 7.99. The summed E-state index contributed by atoms with van der Waals surface area (Å²) in [7, 11) is 0. The molecule has 0 bridgehead atoms. The quantitative estimate of drug-likeness (QED) is 0.811. The van der Waals surface area contributed by atoms with Crippen LogP contribution in [0, 0.1) is 0 Å². The molecule has 1 unspecified atom stereocenters. The molecule has 2 N–H and O–H groups in total. The van der Waals surface area contributed by atoms with Crippen molar-refractivity contribution in [2.24, 2.45) is 0 Å². The SMILES string of the molecule is CCNC(=O)C(C)NC(=O)CSCc1cccc(Cl)c1. The van der Waals surface area contributed by atoms with Gasteiger partial charge in [-0.1, -0.05) is 23.7 Å². The van der Waals surface area contributed by atoms with E-state index < -0.39 is 6.04 Å². The van der Waals surface area contributed by atoms with Crippen molar-refractivity contribution in [3.05, 3.63) is 34.9 Å². The number of likely N-dealkylation sites (N-methyl/N-ethyl adjacent to an activating group) is 1. The lowest BCUT2D eigenvalue weighted by Gasteiger charge is -2.13. The Bertz CT molecular complexity index is 468. The van der Waals surface area contributed by atoms with Crippen molar-refractivity contribution in [3.8, 4) is 0 Å². The molecule has 110 valence electrons. The molecule has 0 aliphatic heterocycles. The maximum atomic E-state index is 11.7. The van der Waals surface area contributed by atoms with E-state index in [0.717, 1.165) is 5.56 Å². The van der Waals surface area contributed by atoms with Crippen molar-refractivity contribution < 1.29 is 9.59 Å². The van der Waals surface area contributed by atoms with E-state index in [1.54, 1.807) is 6.92 Å². The molecule has 0 aliphatic rings. The van der Waals surface area contributed by atoms with Crippen molar-refractivity contribution >= 4 is 35.2 Å². The van der Waals surface area contributed by atoms with Crippen molar-refractivity contribution in [1.29, 1.82) is 0 Å². The first-order valence-corrected chi connectivity index (χ1v) is 7.95. The zero-order chi connectivity index (χ0) is 15.0. The average Bonchev–Trinajstić information content (AvgIpc) is 2.39. The summed E-state index contributed by atoms with van der Waals surface area (Å²) in [5, 5.41) is 6.02. The average molecular weight is 315 g/mol. The number of halogens is 1. The molecule has 0 radical (unpaired) electrons. The van der Waals surface area contributed by atoms with Crippen LogP contribution in [-0.2, 0) is 15.3 Å². The third kappa shape index (κ3) is 6.30. The maximum absolute atomic E-state index is 11.7. The van der Waals surface area contributed by atoms with E-state index in [9.17, 15) is 9.59 Å². The van der Waals surface area contributed by atoms with Gasteiger partial charge in [0, 0.05) is 17.3 Å². The Balaban J connectivity index is 2.28. The molecular weight excluding hydrogens is 296 g/mol. The largest absolute Gasteiger partial charge is 0.355 e. The lowest BCUT2D eigenvalue weighted by Crippen LogP contribution is -2.45.